The normalized spacial score (nSPS) is 14.0. The molecule has 0 aromatic heterocycles. The number of aliphatic hydroxyl groups is 1. The van der Waals surface area contributed by atoms with Crippen molar-refractivity contribution in [3.05, 3.63) is 29.8 Å². The number of anilines is 1. The number of alkyl halides is 3. The molecule has 0 fully saturated rings. The zero-order chi connectivity index (χ0) is 13.1. The van der Waals surface area contributed by atoms with E-state index in [2.05, 4.69) is 0 Å². The second-order valence-corrected chi connectivity index (χ2v) is 3.99. The van der Waals surface area contributed by atoms with Crippen LogP contribution in [0.1, 0.15) is 11.7 Å². The second kappa shape index (κ2) is 5.37. The van der Waals surface area contributed by atoms with Crippen LogP contribution in [0.2, 0.25) is 0 Å². The number of hydrogen-bond donors (Lipinski definition) is 2. The number of rotatable bonds is 4. The van der Waals surface area contributed by atoms with Gasteiger partial charge in [0.25, 0.3) is 0 Å². The van der Waals surface area contributed by atoms with Crippen molar-refractivity contribution in [1.82, 2.24) is 4.90 Å². The minimum Gasteiger partial charge on any atom is -0.399 e. The Morgan fingerprint density at radius 2 is 1.82 bits per heavy atom. The summed E-state index contributed by atoms with van der Waals surface area (Å²) < 4.78 is 36.2. The molecule has 1 aromatic rings. The lowest BCUT2D eigenvalue weighted by Gasteiger charge is -2.21. The molecule has 0 radical (unpaired) electrons. The van der Waals surface area contributed by atoms with Crippen LogP contribution in [-0.4, -0.2) is 36.3 Å². The number of nitrogens with two attached hydrogens (primary N) is 1. The molecule has 0 saturated heterocycles. The van der Waals surface area contributed by atoms with Crippen molar-refractivity contribution >= 4 is 5.69 Å². The fourth-order valence-corrected chi connectivity index (χ4v) is 1.49. The summed E-state index contributed by atoms with van der Waals surface area (Å²) in [5.41, 5.74) is 6.57. The Balaban J connectivity index is 2.54. The van der Waals surface area contributed by atoms with Crippen LogP contribution < -0.4 is 5.73 Å². The summed E-state index contributed by atoms with van der Waals surface area (Å²) in [4.78, 5) is 1.03. The van der Waals surface area contributed by atoms with Crippen molar-refractivity contribution in [2.45, 2.75) is 12.3 Å². The van der Waals surface area contributed by atoms with Gasteiger partial charge in [0.1, 0.15) is 0 Å². The van der Waals surface area contributed by atoms with Gasteiger partial charge in [-0.3, -0.25) is 4.90 Å². The van der Waals surface area contributed by atoms with Gasteiger partial charge in [-0.25, -0.2) is 0 Å². The van der Waals surface area contributed by atoms with Gasteiger partial charge in [0.2, 0.25) is 0 Å². The monoisotopic (exact) mass is 248 g/mol. The van der Waals surface area contributed by atoms with Crippen molar-refractivity contribution in [3.63, 3.8) is 0 Å². The van der Waals surface area contributed by atoms with Gasteiger partial charge < -0.3 is 10.8 Å². The molecule has 0 aliphatic rings. The molecule has 3 N–H and O–H groups in total. The Labute approximate surface area is 97.6 Å². The standard InChI is InChI=1S/C11H15F3N2O/c1-16(7-11(12,13)14)6-10(17)8-2-4-9(15)5-3-8/h2-5,10,17H,6-7,15H2,1H3. The molecule has 1 rings (SSSR count). The molecule has 0 heterocycles. The lowest BCUT2D eigenvalue weighted by Crippen LogP contribution is -2.34. The summed E-state index contributed by atoms with van der Waals surface area (Å²) in [5, 5.41) is 9.73. The van der Waals surface area contributed by atoms with Gasteiger partial charge in [-0.1, -0.05) is 12.1 Å². The maximum atomic E-state index is 12.1. The number of nitrogen functional groups attached to an aromatic ring is 1. The predicted molar refractivity (Wildman–Crippen MR) is 59.4 cm³/mol. The number of nitrogens with zero attached hydrogens (tertiary/aromatic N) is 1. The summed E-state index contributed by atoms with van der Waals surface area (Å²) >= 11 is 0. The molecule has 0 amide bonds. The second-order valence-electron chi connectivity index (χ2n) is 3.99. The summed E-state index contributed by atoms with van der Waals surface area (Å²) in [6.07, 6.45) is -5.21. The van der Waals surface area contributed by atoms with E-state index in [1.54, 1.807) is 24.3 Å². The van der Waals surface area contributed by atoms with E-state index < -0.39 is 18.8 Å². The van der Waals surface area contributed by atoms with E-state index in [4.69, 9.17) is 5.73 Å². The van der Waals surface area contributed by atoms with Gasteiger partial charge in [-0.15, -0.1) is 0 Å². The van der Waals surface area contributed by atoms with Gasteiger partial charge >= 0.3 is 6.18 Å². The van der Waals surface area contributed by atoms with Gasteiger partial charge in [0, 0.05) is 12.2 Å². The minimum atomic E-state index is -4.25. The van der Waals surface area contributed by atoms with Crippen LogP contribution >= 0.6 is 0 Å². The Kier molecular flexibility index (Phi) is 4.36. The number of benzene rings is 1. The molecular weight excluding hydrogens is 233 g/mol. The number of likely N-dealkylation sites (N-methyl/N-ethyl adjacent to an activating group) is 1. The average Bonchev–Trinajstić information content (AvgIpc) is 2.15. The molecule has 17 heavy (non-hydrogen) atoms. The molecule has 1 unspecified atom stereocenters. The van der Waals surface area contributed by atoms with E-state index in [0.717, 1.165) is 4.90 Å². The highest BCUT2D eigenvalue weighted by molar-refractivity contribution is 5.39. The third kappa shape index (κ3) is 5.06. The number of hydrogen-bond acceptors (Lipinski definition) is 3. The fraction of sp³-hybridized carbons (Fsp3) is 0.455. The molecule has 96 valence electrons. The molecule has 1 aromatic carbocycles. The van der Waals surface area contributed by atoms with Crippen LogP contribution in [0, 0.1) is 0 Å². The first-order valence-electron chi connectivity index (χ1n) is 5.07. The molecule has 0 aliphatic heterocycles. The third-order valence-corrected chi connectivity index (χ3v) is 2.26. The van der Waals surface area contributed by atoms with Crippen molar-refractivity contribution in [3.8, 4) is 0 Å². The molecule has 1 atom stereocenters. The van der Waals surface area contributed by atoms with Gasteiger partial charge in [0.05, 0.1) is 12.6 Å². The number of aliphatic hydroxyl groups excluding tert-OH is 1. The zero-order valence-corrected chi connectivity index (χ0v) is 9.41. The van der Waals surface area contributed by atoms with Gasteiger partial charge in [-0.2, -0.15) is 13.2 Å². The van der Waals surface area contributed by atoms with Crippen LogP contribution in [0.15, 0.2) is 24.3 Å². The molecular formula is C11H15F3N2O. The van der Waals surface area contributed by atoms with E-state index in [1.165, 1.54) is 7.05 Å². The van der Waals surface area contributed by atoms with E-state index in [1.807, 2.05) is 0 Å². The third-order valence-electron chi connectivity index (χ3n) is 2.26. The summed E-state index contributed by atoms with van der Waals surface area (Å²) in [7, 11) is 1.31. The lowest BCUT2D eigenvalue weighted by molar-refractivity contribution is -0.145. The average molecular weight is 248 g/mol. The van der Waals surface area contributed by atoms with Crippen molar-refractivity contribution in [2.75, 3.05) is 25.9 Å². The van der Waals surface area contributed by atoms with Crippen molar-refractivity contribution < 1.29 is 18.3 Å². The highest BCUT2D eigenvalue weighted by Crippen LogP contribution is 2.19. The van der Waals surface area contributed by atoms with Gasteiger partial charge in [-0.05, 0) is 24.7 Å². The smallest absolute Gasteiger partial charge is 0.399 e. The highest BCUT2D eigenvalue weighted by Gasteiger charge is 2.29. The molecule has 0 saturated carbocycles. The molecule has 0 aliphatic carbocycles. The van der Waals surface area contributed by atoms with E-state index >= 15 is 0 Å². The van der Waals surface area contributed by atoms with E-state index in [9.17, 15) is 18.3 Å². The lowest BCUT2D eigenvalue weighted by atomic mass is 10.1. The topological polar surface area (TPSA) is 49.5 Å². The van der Waals surface area contributed by atoms with Crippen LogP contribution in [-0.2, 0) is 0 Å². The predicted octanol–water partition coefficient (Wildman–Crippen LogP) is 1.80. The first-order chi connectivity index (χ1) is 7.78. The molecule has 3 nitrogen and oxygen atoms in total. The first kappa shape index (κ1) is 13.8. The summed E-state index contributed by atoms with van der Waals surface area (Å²) in [6.45, 7) is -1.12. The first-order valence-corrected chi connectivity index (χ1v) is 5.07. The fourth-order valence-electron chi connectivity index (χ4n) is 1.49. The highest BCUT2D eigenvalue weighted by atomic mass is 19.4. The zero-order valence-electron chi connectivity index (χ0n) is 9.41. The largest absolute Gasteiger partial charge is 0.401 e. The summed E-state index contributed by atoms with van der Waals surface area (Å²) in [6, 6.07) is 6.40. The van der Waals surface area contributed by atoms with Crippen molar-refractivity contribution in [1.29, 1.82) is 0 Å². The Morgan fingerprint density at radius 3 is 2.29 bits per heavy atom. The SMILES string of the molecule is CN(CC(O)c1ccc(N)cc1)CC(F)(F)F. The maximum Gasteiger partial charge on any atom is 0.401 e. The quantitative estimate of drug-likeness (QED) is 0.799. The van der Waals surface area contributed by atoms with Crippen LogP contribution in [0.4, 0.5) is 18.9 Å². The van der Waals surface area contributed by atoms with E-state index in [0.29, 0.717) is 11.3 Å². The van der Waals surface area contributed by atoms with Gasteiger partial charge in [0.15, 0.2) is 0 Å². The van der Waals surface area contributed by atoms with Crippen LogP contribution in [0.5, 0.6) is 0 Å². The van der Waals surface area contributed by atoms with Crippen molar-refractivity contribution in [2.24, 2.45) is 0 Å². The molecule has 0 bridgehead atoms. The number of halogens is 3. The maximum absolute atomic E-state index is 12.1. The molecule has 6 heteroatoms. The summed E-state index contributed by atoms with van der Waals surface area (Å²) in [5.74, 6) is 0. The van der Waals surface area contributed by atoms with E-state index in [-0.39, 0.29) is 6.54 Å². The Hall–Kier alpha value is -1.27. The Morgan fingerprint density at radius 1 is 1.29 bits per heavy atom. The van der Waals surface area contributed by atoms with Crippen LogP contribution in [0.3, 0.4) is 0 Å². The van der Waals surface area contributed by atoms with Crippen LogP contribution in [0.25, 0.3) is 0 Å². The minimum absolute atomic E-state index is 0.0799. The Bertz CT molecular complexity index is 351. The molecule has 0 spiro atoms.